The first-order chi connectivity index (χ1) is 8.02. The van der Waals surface area contributed by atoms with Gasteiger partial charge >= 0.3 is 0 Å². The molecule has 3 nitrogen and oxygen atoms in total. The molecule has 2 rings (SSSR count). The smallest absolute Gasteiger partial charge is 0.249 e. The van der Waals surface area contributed by atoms with Crippen molar-refractivity contribution in [2.75, 3.05) is 5.32 Å². The van der Waals surface area contributed by atoms with Crippen LogP contribution >= 0.6 is 11.3 Å². The molecule has 0 saturated heterocycles. The zero-order valence-corrected chi connectivity index (χ0v) is 9.08. The summed E-state index contributed by atoms with van der Waals surface area (Å²) in [6.07, 6.45) is 1.00. The number of hydrogen-bond acceptors (Lipinski definition) is 3. The molecule has 0 aliphatic carbocycles. The van der Waals surface area contributed by atoms with Crippen LogP contribution in [-0.4, -0.2) is 10.9 Å². The Morgan fingerprint density at radius 1 is 1.41 bits per heavy atom. The number of nitrogens with zero attached hydrogens (tertiary/aromatic N) is 1. The lowest BCUT2D eigenvalue weighted by Gasteiger charge is -1.94. The van der Waals surface area contributed by atoms with Crippen LogP contribution in [0.5, 0.6) is 0 Å². The number of thiazole rings is 1. The number of benzene rings is 1. The van der Waals surface area contributed by atoms with Crippen molar-refractivity contribution in [3.8, 4) is 0 Å². The zero-order chi connectivity index (χ0) is 12.6. The SMILES string of the molecule is C=CC(=O)Nc1nc2c(F)c(F)c(F)cc2s1. The van der Waals surface area contributed by atoms with E-state index < -0.39 is 23.4 Å². The molecule has 1 N–H and O–H groups in total. The van der Waals surface area contributed by atoms with Crippen molar-refractivity contribution in [3.05, 3.63) is 36.2 Å². The molecule has 0 saturated carbocycles. The van der Waals surface area contributed by atoms with E-state index in [9.17, 15) is 18.0 Å². The van der Waals surface area contributed by atoms with E-state index in [1.165, 1.54) is 0 Å². The molecule has 1 aromatic heterocycles. The van der Waals surface area contributed by atoms with E-state index in [-0.39, 0.29) is 15.3 Å². The van der Waals surface area contributed by atoms with E-state index in [0.29, 0.717) is 0 Å². The van der Waals surface area contributed by atoms with Gasteiger partial charge in [-0.1, -0.05) is 17.9 Å². The van der Waals surface area contributed by atoms with Gasteiger partial charge in [0.1, 0.15) is 5.52 Å². The van der Waals surface area contributed by atoms with E-state index in [0.717, 1.165) is 23.5 Å². The molecule has 0 radical (unpaired) electrons. The fourth-order valence-electron chi connectivity index (χ4n) is 1.18. The maximum Gasteiger partial charge on any atom is 0.249 e. The largest absolute Gasteiger partial charge is 0.298 e. The molecule has 0 aliphatic heterocycles. The summed E-state index contributed by atoms with van der Waals surface area (Å²) in [7, 11) is 0. The van der Waals surface area contributed by atoms with Crippen molar-refractivity contribution < 1.29 is 18.0 Å². The third-order valence-corrected chi connectivity index (χ3v) is 2.85. The normalized spacial score (nSPS) is 10.5. The molecule has 0 aliphatic rings. The van der Waals surface area contributed by atoms with Crippen LogP contribution in [0, 0.1) is 17.5 Å². The molecular weight excluding hydrogens is 253 g/mol. The molecule has 7 heteroatoms. The highest BCUT2D eigenvalue weighted by molar-refractivity contribution is 7.22. The van der Waals surface area contributed by atoms with Crippen LogP contribution in [0.3, 0.4) is 0 Å². The lowest BCUT2D eigenvalue weighted by Crippen LogP contribution is -2.06. The lowest BCUT2D eigenvalue weighted by atomic mass is 10.3. The molecule has 88 valence electrons. The highest BCUT2D eigenvalue weighted by Gasteiger charge is 2.17. The van der Waals surface area contributed by atoms with Crippen molar-refractivity contribution in [1.29, 1.82) is 0 Å². The summed E-state index contributed by atoms with van der Waals surface area (Å²) in [6, 6.07) is 0.828. The molecule has 17 heavy (non-hydrogen) atoms. The van der Waals surface area contributed by atoms with Gasteiger partial charge in [-0.2, -0.15) is 0 Å². The molecular formula is C10H5F3N2OS. The number of nitrogens with one attached hydrogen (secondary N) is 1. The average Bonchev–Trinajstić information content (AvgIpc) is 2.68. The first-order valence-electron chi connectivity index (χ1n) is 4.40. The average molecular weight is 258 g/mol. The van der Waals surface area contributed by atoms with E-state index in [4.69, 9.17) is 0 Å². The molecule has 2 aromatic rings. The monoisotopic (exact) mass is 258 g/mol. The summed E-state index contributed by atoms with van der Waals surface area (Å²) in [5.41, 5.74) is -0.312. The summed E-state index contributed by atoms with van der Waals surface area (Å²) in [5, 5.41) is 2.34. The molecule has 0 fully saturated rings. The van der Waals surface area contributed by atoms with E-state index in [1.54, 1.807) is 0 Å². The van der Waals surface area contributed by atoms with Gasteiger partial charge in [-0.25, -0.2) is 18.2 Å². The van der Waals surface area contributed by atoms with E-state index in [1.807, 2.05) is 0 Å². The number of carbonyl (C=O) groups is 1. The maximum absolute atomic E-state index is 13.3. The minimum absolute atomic E-state index is 0.0498. The van der Waals surface area contributed by atoms with E-state index >= 15 is 0 Å². The molecule has 1 amide bonds. The topological polar surface area (TPSA) is 42.0 Å². The predicted molar refractivity (Wildman–Crippen MR) is 58.3 cm³/mol. The Morgan fingerprint density at radius 2 is 2.12 bits per heavy atom. The quantitative estimate of drug-likeness (QED) is 0.664. The zero-order valence-electron chi connectivity index (χ0n) is 8.26. The first-order valence-corrected chi connectivity index (χ1v) is 5.22. The summed E-state index contributed by atoms with van der Waals surface area (Å²) in [4.78, 5) is 14.6. The number of halogens is 3. The third kappa shape index (κ3) is 2.01. The summed E-state index contributed by atoms with van der Waals surface area (Å²) in [5.74, 6) is -4.77. The van der Waals surface area contributed by atoms with Crippen molar-refractivity contribution in [2.45, 2.75) is 0 Å². The fourth-order valence-corrected chi connectivity index (χ4v) is 2.08. The van der Waals surface area contributed by atoms with Gasteiger partial charge in [-0.05, 0) is 12.1 Å². The predicted octanol–water partition coefficient (Wildman–Crippen LogP) is 2.84. The number of hydrogen-bond donors (Lipinski definition) is 1. The highest BCUT2D eigenvalue weighted by atomic mass is 32.1. The highest BCUT2D eigenvalue weighted by Crippen LogP contribution is 2.30. The lowest BCUT2D eigenvalue weighted by molar-refractivity contribution is -0.111. The van der Waals surface area contributed by atoms with Gasteiger partial charge in [-0.3, -0.25) is 10.1 Å². The Morgan fingerprint density at radius 3 is 2.76 bits per heavy atom. The molecule has 0 unspecified atom stereocenters. The Bertz CT molecular complexity index is 624. The van der Waals surface area contributed by atoms with Gasteiger partial charge in [0, 0.05) is 0 Å². The van der Waals surface area contributed by atoms with Crippen molar-refractivity contribution >= 4 is 32.6 Å². The van der Waals surface area contributed by atoms with Gasteiger partial charge in [0.15, 0.2) is 22.6 Å². The third-order valence-electron chi connectivity index (χ3n) is 1.94. The van der Waals surface area contributed by atoms with Crippen LogP contribution in [0.2, 0.25) is 0 Å². The molecule has 0 spiro atoms. The van der Waals surface area contributed by atoms with Crippen LogP contribution < -0.4 is 5.32 Å². The molecule has 0 atom stereocenters. The maximum atomic E-state index is 13.3. The van der Waals surface area contributed by atoms with Gasteiger partial charge in [0.2, 0.25) is 5.91 Å². The number of anilines is 1. The van der Waals surface area contributed by atoms with Crippen LogP contribution in [0.25, 0.3) is 10.2 Å². The van der Waals surface area contributed by atoms with Gasteiger partial charge in [0.05, 0.1) is 4.70 Å². The van der Waals surface area contributed by atoms with Crippen LogP contribution in [0.4, 0.5) is 18.3 Å². The van der Waals surface area contributed by atoms with E-state index in [2.05, 4.69) is 16.9 Å². The Balaban J connectivity index is 2.54. The van der Waals surface area contributed by atoms with Gasteiger partial charge in [0.25, 0.3) is 0 Å². The summed E-state index contributed by atoms with van der Waals surface area (Å²) >= 11 is 0.841. The molecule has 1 heterocycles. The van der Waals surface area contributed by atoms with Crippen LogP contribution in [0.15, 0.2) is 18.7 Å². The Labute approximate surface area is 97.6 Å². The second-order valence-electron chi connectivity index (χ2n) is 3.05. The second-order valence-corrected chi connectivity index (χ2v) is 4.08. The Hall–Kier alpha value is -1.89. The minimum atomic E-state index is -1.58. The number of fused-ring (bicyclic) bond motifs is 1. The minimum Gasteiger partial charge on any atom is -0.298 e. The number of amides is 1. The standard InChI is InChI=1S/C10H5F3N2OS/c1-2-6(16)14-10-15-9-5(17-10)3-4(11)7(12)8(9)13/h2-3H,1H2,(H,14,15,16). The first kappa shape index (κ1) is 11.6. The fraction of sp³-hybridized carbons (Fsp3) is 0. The number of aromatic nitrogens is 1. The number of rotatable bonds is 2. The molecule has 0 bridgehead atoms. The van der Waals surface area contributed by atoms with Gasteiger partial charge < -0.3 is 0 Å². The van der Waals surface area contributed by atoms with Crippen molar-refractivity contribution in [1.82, 2.24) is 4.98 Å². The summed E-state index contributed by atoms with van der Waals surface area (Å²) in [6.45, 7) is 3.23. The Kier molecular flexibility index (Phi) is 2.84. The van der Waals surface area contributed by atoms with Crippen molar-refractivity contribution in [3.63, 3.8) is 0 Å². The molecule has 1 aromatic carbocycles. The summed E-state index contributed by atoms with van der Waals surface area (Å²) < 4.78 is 39.2. The van der Waals surface area contributed by atoms with Gasteiger partial charge in [-0.15, -0.1) is 0 Å². The number of carbonyl (C=O) groups excluding carboxylic acids is 1. The second kappa shape index (κ2) is 4.17. The van der Waals surface area contributed by atoms with Crippen molar-refractivity contribution in [2.24, 2.45) is 0 Å². The van der Waals surface area contributed by atoms with Crippen LogP contribution in [-0.2, 0) is 4.79 Å². The van der Waals surface area contributed by atoms with Crippen LogP contribution in [0.1, 0.15) is 0 Å².